The fourth-order valence-electron chi connectivity index (χ4n) is 4.93. The SMILES string of the molecule is Cc1ccc(CN2C(=O)C(Nc3ccc(N4CCCC4)cc3)=C(c3ccc(C)cc3C)C2=O)cc1. The second-order valence-electron chi connectivity index (χ2n) is 9.62. The monoisotopic (exact) mass is 465 g/mol. The highest BCUT2D eigenvalue weighted by molar-refractivity contribution is 6.36. The third kappa shape index (κ3) is 4.59. The van der Waals surface area contributed by atoms with Gasteiger partial charge in [0.2, 0.25) is 0 Å². The summed E-state index contributed by atoms with van der Waals surface area (Å²) in [5.41, 5.74) is 7.70. The third-order valence-corrected chi connectivity index (χ3v) is 6.89. The second kappa shape index (κ2) is 9.41. The van der Waals surface area contributed by atoms with E-state index in [2.05, 4.69) is 22.3 Å². The van der Waals surface area contributed by atoms with Crippen molar-refractivity contribution in [2.75, 3.05) is 23.3 Å². The van der Waals surface area contributed by atoms with Gasteiger partial charge in [0, 0.05) is 24.5 Å². The van der Waals surface area contributed by atoms with Crippen molar-refractivity contribution in [3.05, 3.63) is 100 Å². The quantitative estimate of drug-likeness (QED) is 0.481. The van der Waals surface area contributed by atoms with Crippen LogP contribution in [-0.2, 0) is 16.1 Å². The molecule has 0 unspecified atom stereocenters. The summed E-state index contributed by atoms with van der Waals surface area (Å²) >= 11 is 0. The molecule has 0 atom stereocenters. The number of aryl methyl sites for hydroxylation is 3. The maximum atomic E-state index is 13.7. The van der Waals surface area contributed by atoms with Crippen molar-refractivity contribution < 1.29 is 9.59 Å². The molecule has 1 fully saturated rings. The predicted molar refractivity (Wildman–Crippen MR) is 141 cm³/mol. The number of hydrogen-bond acceptors (Lipinski definition) is 4. The molecule has 0 bridgehead atoms. The van der Waals surface area contributed by atoms with Crippen molar-refractivity contribution in [3.8, 4) is 0 Å². The second-order valence-corrected chi connectivity index (χ2v) is 9.62. The first-order valence-corrected chi connectivity index (χ1v) is 12.3. The van der Waals surface area contributed by atoms with E-state index in [1.54, 1.807) is 0 Å². The number of amides is 2. The van der Waals surface area contributed by atoms with E-state index in [9.17, 15) is 9.59 Å². The van der Waals surface area contributed by atoms with Crippen LogP contribution in [0.25, 0.3) is 5.57 Å². The van der Waals surface area contributed by atoms with Crippen LogP contribution in [0.15, 0.2) is 72.4 Å². The molecule has 2 heterocycles. The smallest absolute Gasteiger partial charge is 0.278 e. The number of carbonyl (C=O) groups is 2. The number of carbonyl (C=O) groups excluding carboxylic acids is 2. The summed E-state index contributed by atoms with van der Waals surface area (Å²) in [4.78, 5) is 31.0. The molecule has 0 radical (unpaired) electrons. The summed E-state index contributed by atoms with van der Waals surface area (Å²) in [7, 11) is 0. The molecule has 3 aromatic carbocycles. The van der Waals surface area contributed by atoms with Gasteiger partial charge < -0.3 is 10.2 Å². The standard InChI is InChI=1S/C30H31N3O2/c1-20-6-9-23(10-7-20)19-33-29(34)27(26-15-8-21(2)18-22(26)3)28(30(33)35)31-24-11-13-25(14-12-24)32-16-4-5-17-32/h6-15,18,31H,4-5,16-17,19H2,1-3H3. The van der Waals surface area contributed by atoms with E-state index in [1.807, 2.05) is 75.4 Å². The lowest BCUT2D eigenvalue weighted by atomic mass is 9.97. The van der Waals surface area contributed by atoms with E-state index >= 15 is 0 Å². The van der Waals surface area contributed by atoms with Gasteiger partial charge in [0.1, 0.15) is 5.70 Å². The first-order chi connectivity index (χ1) is 16.9. The summed E-state index contributed by atoms with van der Waals surface area (Å²) in [6, 6.07) is 22.0. The minimum Gasteiger partial charge on any atom is -0.372 e. The van der Waals surface area contributed by atoms with Crippen molar-refractivity contribution in [3.63, 3.8) is 0 Å². The molecule has 2 aliphatic heterocycles. The van der Waals surface area contributed by atoms with Gasteiger partial charge in [-0.2, -0.15) is 0 Å². The number of nitrogens with zero attached hydrogens (tertiary/aromatic N) is 2. The van der Waals surface area contributed by atoms with Gasteiger partial charge in [-0.3, -0.25) is 14.5 Å². The summed E-state index contributed by atoms with van der Waals surface area (Å²) in [6.45, 7) is 8.43. The molecule has 0 aliphatic carbocycles. The Morgan fingerprint density at radius 1 is 0.771 bits per heavy atom. The first kappa shape index (κ1) is 22.9. The Labute approximate surface area is 207 Å². The van der Waals surface area contributed by atoms with Crippen LogP contribution >= 0.6 is 0 Å². The molecule has 178 valence electrons. The average molecular weight is 466 g/mol. The van der Waals surface area contributed by atoms with E-state index in [0.29, 0.717) is 11.3 Å². The van der Waals surface area contributed by atoms with Gasteiger partial charge in [0.25, 0.3) is 11.8 Å². The average Bonchev–Trinajstić information content (AvgIpc) is 3.46. The summed E-state index contributed by atoms with van der Waals surface area (Å²) in [6.07, 6.45) is 2.44. The molecule has 1 saturated heterocycles. The Morgan fingerprint density at radius 2 is 1.43 bits per heavy atom. The van der Waals surface area contributed by atoms with Gasteiger partial charge in [0.15, 0.2) is 0 Å². The summed E-state index contributed by atoms with van der Waals surface area (Å²) in [5, 5.41) is 3.30. The Balaban J connectivity index is 1.49. The largest absolute Gasteiger partial charge is 0.372 e. The molecule has 2 aliphatic rings. The van der Waals surface area contributed by atoms with Gasteiger partial charge in [-0.05, 0) is 74.6 Å². The fourth-order valence-corrected chi connectivity index (χ4v) is 4.93. The summed E-state index contributed by atoms with van der Waals surface area (Å²) in [5.74, 6) is -0.562. The Morgan fingerprint density at radius 3 is 2.09 bits per heavy atom. The lowest BCUT2D eigenvalue weighted by Gasteiger charge is -2.18. The van der Waals surface area contributed by atoms with Gasteiger partial charge in [0.05, 0.1) is 12.1 Å². The van der Waals surface area contributed by atoms with Gasteiger partial charge in [-0.1, -0.05) is 53.6 Å². The Hall–Kier alpha value is -3.86. The Bertz CT molecular complexity index is 1300. The topological polar surface area (TPSA) is 52.7 Å². The number of hydrogen-bond donors (Lipinski definition) is 1. The molecular formula is C30H31N3O2. The number of anilines is 2. The molecule has 2 amide bonds. The fraction of sp³-hybridized carbons (Fsp3) is 0.267. The van der Waals surface area contributed by atoms with Crippen molar-refractivity contribution in [1.82, 2.24) is 4.90 Å². The summed E-state index contributed by atoms with van der Waals surface area (Å²) < 4.78 is 0. The van der Waals surface area contributed by atoms with Crippen molar-refractivity contribution in [2.45, 2.75) is 40.2 Å². The molecular weight excluding hydrogens is 434 g/mol. The molecule has 35 heavy (non-hydrogen) atoms. The van der Waals surface area contributed by atoms with Crippen LogP contribution in [0.3, 0.4) is 0 Å². The minimum absolute atomic E-state index is 0.242. The molecule has 1 N–H and O–H groups in total. The van der Waals surface area contributed by atoms with Crippen LogP contribution in [0.5, 0.6) is 0 Å². The van der Waals surface area contributed by atoms with Crippen LogP contribution in [-0.4, -0.2) is 29.8 Å². The van der Waals surface area contributed by atoms with Crippen LogP contribution < -0.4 is 10.2 Å². The van der Waals surface area contributed by atoms with E-state index in [0.717, 1.165) is 46.6 Å². The maximum absolute atomic E-state index is 13.7. The van der Waals surface area contributed by atoms with Crippen LogP contribution in [0.1, 0.15) is 40.7 Å². The molecule has 5 heteroatoms. The minimum atomic E-state index is -0.297. The lowest BCUT2D eigenvalue weighted by Crippen LogP contribution is -2.32. The highest BCUT2D eigenvalue weighted by Gasteiger charge is 2.39. The molecule has 3 aromatic rings. The van der Waals surface area contributed by atoms with E-state index in [4.69, 9.17) is 0 Å². The van der Waals surface area contributed by atoms with E-state index in [-0.39, 0.29) is 18.4 Å². The zero-order valence-corrected chi connectivity index (χ0v) is 20.6. The maximum Gasteiger partial charge on any atom is 0.278 e. The van der Waals surface area contributed by atoms with Gasteiger partial charge in [-0.25, -0.2) is 0 Å². The van der Waals surface area contributed by atoms with Crippen molar-refractivity contribution in [1.29, 1.82) is 0 Å². The highest BCUT2D eigenvalue weighted by atomic mass is 16.2. The van der Waals surface area contributed by atoms with E-state index < -0.39 is 0 Å². The molecule has 0 saturated carbocycles. The normalized spacial score (nSPS) is 16.0. The third-order valence-electron chi connectivity index (χ3n) is 6.89. The predicted octanol–water partition coefficient (Wildman–Crippen LogP) is 5.60. The van der Waals surface area contributed by atoms with E-state index in [1.165, 1.54) is 23.4 Å². The highest BCUT2D eigenvalue weighted by Crippen LogP contribution is 2.34. The van der Waals surface area contributed by atoms with Crippen LogP contribution in [0, 0.1) is 20.8 Å². The molecule has 0 aromatic heterocycles. The first-order valence-electron chi connectivity index (χ1n) is 12.3. The van der Waals surface area contributed by atoms with Crippen molar-refractivity contribution in [2.24, 2.45) is 0 Å². The number of nitrogens with one attached hydrogen (secondary N) is 1. The molecule has 5 rings (SSSR count). The van der Waals surface area contributed by atoms with Gasteiger partial charge in [-0.15, -0.1) is 0 Å². The van der Waals surface area contributed by atoms with Crippen LogP contribution in [0.2, 0.25) is 0 Å². The van der Waals surface area contributed by atoms with Gasteiger partial charge >= 0.3 is 0 Å². The number of benzene rings is 3. The molecule has 5 nitrogen and oxygen atoms in total. The zero-order valence-electron chi connectivity index (χ0n) is 20.6. The number of rotatable bonds is 6. The lowest BCUT2D eigenvalue weighted by molar-refractivity contribution is -0.137. The van der Waals surface area contributed by atoms with Crippen LogP contribution in [0.4, 0.5) is 11.4 Å². The number of imide groups is 1. The zero-order chi connectivity index (χ0) is 24.5. The molecule has 0 spiro atoms. The Kier molecular flexibility index (Phi) is 6.16. The van der Waals surface area contributed by atoms with Crippen molar-refractivity contribution >= 4 is 28.8 Å².